The quantitative estimate of drug-likeness (QED) is 0.844. The Morgan fingerprint density at radius 3 is 2.84 bits per heavy atom. The van der Waals surface area contributed by atoms with Crippen molar-refractivity contribution in [3.8, 4) is 5.75 Å². The average molecular weight is 276 g/mol. The zero-order valence-corrected chi connectivity index (χ0v) is 11.7. The van der Waals surface area contributed by atoms with E-state index in [9.17, 15) is 4.79 Å². The van der Waals surface area contributed by atoms with Crippen LogP contribution < -0.4 is 15.8 Å². The summed E-state index contributed by atoms with van der Waals surface area (Å²) >= 11 is 1.61. The van der Waals surface area contributed by atoms with Gasteiger partial charge in [0.15, 0.2) is 0 Å². The van der Waals surface area contributed by atoms with Gasteiger partial charge in [0.2, 0.25) is 0 Å². The first kappa shape index (κ1) is 13.4. The fraction of sp³-hybridized carbons (Fsp3) is 0.214. The van der Waals surface area contributed by atoms with Crippen LogP contribution in [0.1, 0.15) is 28.2 Å². The molecule has 5 heteroatoms. The zero-order chi connectivity index (χ0) is 13.8. The van der Waals surface area contributed by atoms with Gasteiger partial charge in [-0.05, 0) is 30.5 Å². The van der Waals surface area contributed by atoms with Crippen LogP contribution in [0.15, 0.2) is 35.7 Å². The van der Waals surface area contributed by atoms with Crippen LogP contribution in [0, 0.1) is 0 Å². The molecule has 19 heavy (non-hydrogen) atoms. The lowest BCUT2D eigenvalue weighted by Gasteiger charge is -2.14. The maximum Gasteiger partial charge on any atom is 0.255 e. The average Bonchev–Trinajstić information content (AvgIpc) is 2.92. The van der Waals surface area contributed by atoms with Crippen LogP contribution in [0.4, 0.5) is 5.69 Å². The smallest absolute Gasteiger partial charge is 0.255 e. The molecule has 2 aromatic rings. The van der Waals surface area contributed by atoms with Crippen LogP contribution in [0.25, 0.3) is 0 Å². The van der Waals surface area contributed by atoms with Gasteiger partial charge in [0.25, 0.3) is 5.91 Å². The van der Waals surface area contributed by atoms with Gasteiger partial charge < -0.3 is 15.8 Å². The molecule has 0 aliphatic carbocycles. The van der Waals surface area contributed by atoms with E-state index in [2.05, 4.69) is 5.32 Å². The van der Waals surface area contributed by atoms with Gasteiger partial charge in [-0.2, -0.15) is 0 Å². The fourth-order valence-electron chi connectivity index (χ4n) is 1.78. The standard InChI is InChI=1S/C14H16N2O2S/c1-9(13-4-3-7-19-13)16-14(17)11-6-5-10(15)8-12(11)18-2/h3-9H,15H2,1-2H3,(H,16,17). The number of nitrogens with two attached hydrogens (primary N) is 1. The van der Waals surface area contributed by atoms with E-state index in [-0.39, 0.29) is 11.9 Å². The molecular formula is C14H16N2O2S. The minimum absolute atomic E-state index is 0.0326. The molecular weight excluding hydrogens is 260 g/mol. The van der Waals surface area contributed by atoms with Gasteiger partial charge in [-0.25, -0.2) is 0 Å². The first-order valence-electron chi connectivity index (χ1n) is 5.89. The Labute approximate surface area is 116 Å². The molecule has 1 aromatic heterocycles. The molecule has 0 aliphatic rings. The highest BCUT2D eigenvalue weighted by atomic mass is 32.1. The highest BCUT2D eigenvalue weighted by Gasteiger charge is 2.16. The summed E-state index contributed by atoms with van der Waals surface area (Å²) in [7, 11) is 1.52. The van der Waals surface area contributed by atoms with E-state index < -0.39 is 0 Å². The van der Waals surface area contributed by atoms with Crippen LogP contribution in [0.3, 0.4) is 0 Å². The summed E-state index contributed by atoms with van der Waals surface area (Å²) in [5, 5.41) is 4.93. The molecule has 1 unspecified atom stereocenters. The Balaban J connectivity index is 2.16. The van der Waals surface area contributed by atoms with Gasteiger partial charge in [-0.15, -0.1) is 11.3 Å². The highest BCUT2D eigenvalue weighted by Crippen LogP contribution is 2.23. The molecule has 1 aromatic carbocycles. The summed E-state index contributed by atoms with van der Waals surface area (Å²) in [5.74, 6) is 0.314. The van der Waals surface area contributed by atoms with Gasteiger partial charge in [-0.1, -0.05) is 6.07 Å². The molecule has 0 radical (unpaired) electrons. The summed E-state index contributed by atoms with van der Waals surface area (Å²) in [6.07, 6.45) is 0. The Morgan fingerprint density at radius 2 is 2.21 bits per heavy atom. The largest absolute Gasteiger partial charge is 0.496 e. The van der Waals surface area contributed by atoms with Crippen LogP contribution in [0.2, 0.25) is 0 Å². The molecule has 2 rings (SSSR count). The van der Waals surface area contributed by atoms with E-state index in [1.807, 2.05) is 24.4 Å². The summed E-state index contributed by atoms with van der Waals surface area (Å²) in [6.45, 7) is 1.95. The minimum atomic E-state index is -0.169. The lowest BCUT2D eigenvalue weighted by Crippen LogP contribution is -2.26. The number of thiophene rings is 1. The molecule has 0 spiro atoms. The number of ether oxygens (including phenoxy) is 1. The lowest BCUT2D eigenvalue weighted by molar-refractivity contribution is 0.0937. The number of carbonyl (C=O) groups is 1. The number of hydrogen-bond donors (Lipinski definition) is 2. The molecule has 1 atom stereocenters. The predicted molar refractivity (Wildman–Crippen MR) is 77.6 cm³/mol. The summed E-state index contributed by atoms with van der Waals surface area (Å²) in [4.78, 5) is 13.3. The van der Waals surface area contributed by atoms with Crippen molar-refractivity contribution in [3.05, 3.63) is 46.2 Å². The summed E-state index contributed by atoms with van der Waals surface area (Å²) in [5.41, 5.74) is 6.73. The maximum absolute atomic E-state index is 12.2. The van der Waals surface area contributed by atoms with E-state index in [0.29, 0.717) is 17.0 Å². The number of nitrogen functional groups attached to an aromatic ring is 1. The van der Waals surface area contributed by atoms with Crippen LogP contribution in [0.5, 0.6) is 5.75 Å². The molecule has 3 N–H and O–H groups in total. The number of carbonyl (C=O) groups excluding carboxylic acids is 1. The van der Waals surface area contributed by atoms with Crippen molar-refractivity contribution >= 4 is 22.9 Å². The Kier molecular flexibility index (Phi) is 4.06. The third-order valence-corrected chi connectivity index (χ3v) is 3.84. The van der Waals surface area contributed by atoms with Gasteiger partial charge >= 0.3 is 0 Å². The Bertz CT molecular complexity index is 567. The highest BCUT2D eigenvalue weighted by molar-refractivity contribution is 7.10. The second-order valence-electron chi connectivity index (χ2n) is 4.17. The van der Waals surface area contributed by atoms with Crippen molar-refractivity contribution in [1.82, 2.24) is 5.32 Å². The number of nitrogens with one attached hydrogen (secondary N) is 1. The van der Waals surface area contributed by atoms with Gasteiger partial charge in [-0.3, -0.25) is 4.79 Å². The number of methoxy groups -OCH3 is 1. The van der Waals surface area contributed by atoms with Crippen molar-refractivity contribution in [2.24, 2.45) is 0 Å². The van der Waals surface area contributed by atoms with Gasteiger partial charge in [0.1, 0.15) is 5.75 Å². The molecule has 100 valence electrons. The van der Waals surface area contributed by atoms with E-state index in [0.717, 1.165) is 4.88 Å². The number of rotatable bonds is 4. The summed E-state index contributed by atoms with van der Waals surface area (Å²) in [6, 6.07) is 8.93. The van der Waals surface area contributed by atoms with Crippen LogP contribution >= 0.6 is 11.3 Å². The Morgan fingerprint density at radius 1 is 1.42 bits per heavy atom. The van der Waals surface area contributed by atoms with E-state index in [1.165, 1.54) is 7.11 Å². The van der Waals surface area contributed by atoms with E-state index >= 15 is 0 Å². The van der Waals surface area contributed by atoms with Crippen molar-refractivity contribution in [2.45, 2.75) is 13.0 Å². The van der Waals surface area contributed by atoms with E-state index in [4.69, 9.17) is 10.5 Å². The number of anilines is 1. The SMILES string of the molecule is COc1cc(N)ccc1C(=O)NC(C)c1cccs1. The van der Waals surface area contributed by atoms with E-state index in [1.54, 1.807) is 29.5 Å². The molecule has 0 saturated carbocycles. The zero-order valence-electron chi connectivity index (χ0n) is 10.8. The molecule has 4 nitrogen and oxygen atoms in total. The molecule has 0 fully saturated rings. The molecule has 1 amide bonds. The number of benzene rings is 1. The third kappa shape index (κ3) is 3.06. The summed E-state index contributed by atoms with van der Waals surface area (Å²) < 4.78 is 5.18. The van der Waals surface area contributed by atoms with Crippen molar-refractivity contribution in [3.63, 3.8) is 0 Å². The third-order valence-electron chi connectivity index (χ3n) is 2.79. The second-order valence-corrected chi connectivity index (χ2v) is 5.15. The lowest BCUT2D eigenvalue weighted by atomic mass is 10.1. The fourth-order valence-corrected chi connectivity index (χ4v) is 2.51. The number of hydrogen-bond acceptors (Lipinski definition) is 4. The maximum atomic E-state index is 12.2. The van der Waals surface area contributed by atoms with Crippen LogP contribution in [-0.2, 0) is 0 Å². The monoisotopic (exact) mass is 276 g/mol. The van der Waals surface area contributed by atoms with Gasteiger partial charge in [0.05, 0.1) is 18.7 Å². The van der Waals surface area contributed by atoms with Gasteiger partial charge in [0, 0.05) is 16.6 Å². The van der Waals surface area contributed by atoms with Crippen molar-refractivity contribution < 1.29 is 9.53 Å². The van der Waals surface area contributed by atoms with Crippen LogP contribution in [-0.4, -0.2) is 13.0 Å². The molecule has 0 bridgehead atoms. The minimum Gasteiger partial charge on any atom is -0.496 e. The first-order valence-corrected chi connectivity index (χ1v) is 6.77. The topological polar surface area (TPSA) is 64.3 Å². The molecule has 1 heterocycles. The number of amides is 1. The second kappa shape index (κ2) is 5.75. The molecule has 0 saturated heterocycles. The predicted octanol–water partition coefficient (Wildman–Crippen LogP) is 2.83. The molecule has 0 aliphatic heterocycles. The first-order chi connectivity index (χ1) is 9.11. The Hall–Kier alpha value is -2.01. The van der Waals surface area contributed by atoms with Crippen molar-refractivity contribution in [1.29, 1.82) is 0 Å². The normalized spacial score (nSPS) is 11.9. The van der Waals surface area contributed by atoms with Crippen molar-refractivity contribution in [2.75, 3.05) is 12.8 Å².